The van der Waals surface area contributed by atoms with Gasteiger partial charge in [0.15, 0.2) is 0 Å². The van der Waals surface area contributed by atoms with E-state index in [4.69, 9.17) is 14.2 Å². The number of esters is 3. The van der Waals surface area contributed by atoms with E-state index < -0.39 is 23.5 Å². The van der Waals surface area contributed by atoms with Gasteiger partial charge in [0.1, 0.15) is 23.2 Å². The van der Waals surface area contributed by atoms with Gasteiger partial charge in [-0.25, -0.2) is 9.59 Å². The molecule has 1 aromatic heterocycles. The molecule has 4 N–H and O–H groups in total. The van der Waals surface area contributed by atoms with E-state index in [1.54, 1.807) is 77.2 Å². The summed E-state index contributed by atoms with van der Waals surface area (Å²) in [5, 5.41) is 17.8. The van der Waals surface area contributed by atoms with E-state index in [2.05, 4.69) is 76.5 Å². The summed E-state index contributed by atoms with van der Waals surface area (Å²) in [5.41, 5.74) is 0.116. The number of hydrogen-bond donors (Lipinski definition) is 4. The van der Waals surface area contributed by atoms with Crippen molar-refractivity contribution < 1.29 is 48.1 Å². The first kappa shape index (κ1) is 62.6. The van der Waals surface area contributed by atoms with Gasteiger partial charge in [-0.15, -0.1) is 0 Å². The largest absolute Gasteiger partial charge is 0.507 e. The van der Waals surface area contributed by atoms with Gasteiger partial charge in [-0.1, -0.05) is 141 Å². The summed E-state index contributed by atoms with van der Waals surface area (Å²) in [4.78, 5) is 74.7. The van der Waals surface area contributed by atoms with Gasteiger partial charge in [0.2, 0.25) is 12.3 Å². The van der Waals surface area contributed by atoms with Crippen molar-refractivity contribution in [1.29, 1.82) is 0 Å². The molecule has 386 valence electrons. The Labute approximate surface area is 429 Å². The maximum atomic E-state index is 12.5. The molecule has 0 bridgehead atoms. The summed E-state index contributed by atoms with van der Waals surface area (Å²) >= 11 is 0. The molecule has 3 rings (SSSR count). The van der Waals surface area contributed by atoms with Crippen LogP contribution >= 0.6 is 21.6 Å². The molecule has 1 unspecified atom stereocenters. The SMILES string of the molecule is CC.CC/C=C\C/C=C\C/C=C\C/C=C/C=C\CCCC(=O)OCC(C)(C)C(C)OC(=O)c1cccnc1.O=CNCCC(=O)NCCSSCCNC(=O)c1ccccc1OC(=O)c1ccccc1O. The third kappa shape index (κ3) is 30.1. The van der Waals surface area contributed by atoms with Crippen LogP contribution in [0.5, 0.6) is 11.5 Å². The van der Waals surface area contributed by atoms with Gasteiger partial charge in [0.25, 0.3) is 5.91 Å². The molecule has 14 nitrogen and oxygen atoms in total. The van der Waals surface area contributed by atoms with Gasteiger partial charge in [-0.3, -0.25) is 24.2 Å². The van der Waals surface area contributed by atoms with Crippen LogP contribution in [0.4, 0.5) is 0 Å². The molecule has 0 spiro atoms. The molecule has 0 saturated carbocycles. The zero-order valence-electron chi connectivity index (χ0n) is 42.1. The van der Waals surface area contributed by atoms with Gasteiger partial charge in [0, 0.05) is 61.8 Å². The molecular formula is C55H74N4O10S2. The van der Waals surface area contributed by atoms with Crippen molar-refractivity contribution in [3.63, 3.8) is 0 Å². The summed E-state index contributed by atoms with van der Waals surface area (Å²) in [6, 6.07) is 15.7. The van der Waals surface area contributed by atoms with Gasteiger partial charge >= 0.3 is 17.9 Å². The Bertz CT molecular complexity index is 2160. The number of carbonyl (C=O) groups excluding carboxylic acids is 6. The number of nitrogens with zero attached hydrogens (tertiary/aromatic N) is 1. The number of benzene rings is 2. The lowest BCUT2D eigenvalue weighted by atomic mass is 9.88. The van der Waals surface area contributed by atoms with Crippen LogP contribution in [0.1, 0.15) is 124 Å². The van der Waals surface area contributed by atoms with Crippen LogP contribution in [0.25, 0.3) is 0 Å². The van der Waals surface area contributed by atoms with Gasteiger partial charge in [0.05, 0.1) is 17.7 Å². The number of aromatic hydroxyl groups is 1. The van der Waals surface area contributed by atoms with Crippen LogP contribution in [0, 0.1) is 5.41 Å². The lowest BCUT2D eigenvalue weighted by molar-refractivity contribution is -0.149. The second kappa shape index (κ2) is 40.4. The summed E-state index contributed by atoms with van der Waals surface area (Å²) in [6.07, 6.45) is 30.6. The first-order valence-corrected chi connectivity index (χ1v) is 26.5. The van der Waals surface area contributed by atoms with Crippen molar-refractivity contribution >= 4 is 57.7 Å². The van der Waals surface area contributed by atoms with Gasteiger partial charge in [-0.05, 0) is 81.8 Å². The molecule has 3 aromatic rings. The van der Waals surface area contributed by atoms with Crippen molar-refractivity contribution in [3.05, 3.63) is 151 Å². The Kier molecular flexibility index (Phi) is 35.6. The van der Waals surface area contributed by atoms with Crippen molar-refractivity contribution in [3.8, 4) is 11.5 Å². The molecule has 0 aliphatic carbocycles. The van der Waals surface area contributed by atoms with Crippen molar-refractivity contribution in [2.75, 3.05) is 37.7 Å². The van der Waals surface area contributed by atoms with Crippen molar-refractivity contribution in [1.82, 2.24) is 20.9 Å². The zero-order valence-corrected chi connectivity index (χ0v) is 43.8. The Morgan fingerprint density at radius 1 is 0.746 bits per heavy atom. The number of nitrogens with one attached hydrogen (secondary N) is 3. The van der Waals surface area contributed by atoms with E-state index >= 15 is 0 Å². The average Bonchev–Trinajstić information content (AvgIpc) is 3.37. The second-order valence-electron chi connectivity index (χ2n) is 15.7. The summed E-state index contributed by atoms with van der Waals surface area (Å²) in [5.74, 6) is -0.676. The maximum Gasteiger partial charge on any atom is 0.347 e. The quantitative estimate of drug-likeness (QED) is 0.00904. The minimum Gasteiger partial charge on any atom is -0.507 e. The smallest absolute Gasteiger partial charge is 0.347 e. The number of pyridine rings is 1. The molecule has 1 atom stereocenters. The molecule has 71 heavy (non-hydrogen) atoms. The Morgan fingerprint density at radius 2 is 1.37 bits per heavy atom. The summed E-state index contributed by atoms with van der Waals surface area (Å²) in [6.45, 7) is 13.2. The number of allylic oxidation sites excluding steroid dienone is 10. The Hall–Kier alpha value is -6.39. The monoisotopic (exact) mass is 1010 g/mol. The number of phenols is 1. The molecule has 1 heterocycles. The van der Waals surface area contributed by atoms with Crippen molar-refractivity contribution in [2.45, 2.75) is 99.0 Å². The van der Waals surface area contributed by atoms with Crippen LogP contribution in [0.2, 0.25) is 0 Å². The fourth-order valence-electron chi connectivity index (χ4n) is 5.44. The molecule has 0 saturated heterocycles. The minimum atomic E-state index is -0.757. The molecule has 0 aliphatic rings. The number of aromatic nitrogens is 1. The summed E-state index contributed by atoms with van der Waals surface area (Å²) < 4.78 is 16.3. The minimum absolute atomic E-state index is 0.00922. The first-order chi connectivity index (χ1) is 34.4. The highest BCUT2D eigenvalue weighted by molar-refractivity contribution is 8.76. The van der Waals surface area contributed by atoms with Gasteiger partial charge in [-0.2, -0.15) is 0 Å². The lowest BCUT2D eigenvalue weighted by Crippen LogP contribution is -2.36. The van der Waals surface area contributed by atoms with Gasteiger partial charge < -0.3 is 35.3 Å². The van der Waals surface area contributed by atoms with E-state index in [1.807, 2.05) is 39.8 Å². The number of unbranched alkanes of at least 4 members (excludes halogenated alkanes) is 1. The number of rotatable bonds is 31. The Balaban J connectivity index is 0.000000688. The van der Waals surface area contributed by atoms with E-state index in [9.17, 15) is 33.9 Å². The van der Waals surface area contributed by atoms with Crippen LogP contribution in [0.3, 0.4) is 0 Å². The number of carbonyl (C=O) groups is 6. The first-order valence-electron chi connectivity index (χ1n) is 24.0. The lowest BCUT2D eigenvalue weighted by Gasteiger charge is -2.30. The number of hydrogen-bond acceptors (Lipinski definition) is 13. The number of ether oxygens (including phenoxy) is 3. The van der Waals surface area contributed by atoms with E-state index in [0.717, 1.165) is 38.5 Å². The highest BCUT2D eigenvalue weighted by Crippen LogP contribution is 2.26. The molecule has 0 aliphatic heterocycles. The number of amides is 3. The van der Waals surface area contributed by atoms with Crippen LogP contribution in [-0.4, -0.2) is 90.1 Å². The fourth-order valence-corrected chi connectivity index (χ4v) is 7.25. The molecule has 3 amide bonds. The number of para-hydroxylation sites is 2. The van der Waals surface area contributed by atoms with Crippen LogP contribution < -0.4 is 20.7 Å². The molecule has 16 heteroatoms. The highest BCUT2D eigenvalue weighted by atomic mass is 33.1. The average molecular weight is 1020 g/mol. The maximum absolute atomic E-state index is 12.5. The third-order valence-electron chi connectivity index (χ3n) is 9.67. The molecular weight excluding hydrogens is 941 g/mol. The fraction of sp³-hybridized carbons (Fsp3) is 0.400. The highest BCUT2D eigenvalue weighted by Gasteiger charge is 2.31. The number of phenolic OH excluding ortho intramolecular Hbond substituents is 1. The summed E-state index contributed by atoms with van der Waals surface area (Å²) in [7, 11) is 3.12. The van der Waals surface area contributed by atoms with E-state index in [1.165, 1.54) is 24.4 Å². The van der Waals surface area contributed by atoms with Crippen LogP contribution in [-0.2, 0) is 23.9 Å². The molecule has 0 radical (unpaired) electrons. The second-order valence-corrected chi connectivity index (χ2v) is 18.4. The molecule has 2 aromatic carbocycles. The van der Waals surface area contributed by atoms with Crippen LogP contribution in [0.15, 0.2) is 134 Å². The zero-order chi connectivity index (χ0) is 52.4. The topological polar surface area (TPSA) is 199 Å². The predicted octanol–water partition coefficient (Wildman–Crippen LogP) is 10.7. The standard InChI is InChI=1S/C31H43NO4.C22H25N3O6S2.C2H6/c1-5-6-7-8-9-10-11-12-13-14-15-16-17-18-19-20-23-29(33)35-26-31(3,4)27(2)36-30(34)28-22-21-24-32-25-28;26-15-23-10-9-20(28)24-11-13-32-33-14-12-25-21(29)17-6-2-4-8-19(17)31-22(30)16-5-1-3-7-18(16)27;1-2/h6-7,9-10,12-13,15-18,21-22,24-25,27H,5,8,11,14,19-20,23,26H2,1-4H3;1-8,15,27H,9-14H2,(H,23,26)(H,24,28)(H,25,29);1-2H3/b7-6-,10-9-,13-12-,16-15+,18-17-;;. The van der Waals surface area contributed by atoms with E-state index in [0.29, 0.717) is 49.5 Å². The van der Waals surface area contributed by atoms with Crippen molar-refractivity contribution in [2.24, 2.45) is 5.41 Å². The predicted molar refractivity (Wildman–Crippen MR) is 287 cm³/mol. The third-order valence-corrected chi connectivity index (χ3v) is 12.1. The van der Waals surface area contributed by atoms with E-state index in [-0.39, 0.29) is 53.4 Å². The Morgan fingerprint density at radius 3 is 2.01 bits per heavy atom. The normalized spacial score (nSPS) is 11.6. The molecule has 0 fully saturated rings.